The predicted octanol–water partition coefficient (Wildman–Crippen LogP) is 2.43. The van der Waals surface area contributed by atoms with Gasteiger partial charge in [-0.15, -0.1) is 0 Å². The van der Waals surface area contributed by atoms with Gasteiger partial charge in [0.15, 0.2) is 0 Å². The van der Waals surface area contributed by atoms with Crippen LogP contribution in [0.1, 0.15) is 38.2 Å². The maximum Gasteiger partial charge on any atom is 0.225 e. The van der Waals surface area contributed by atoms with Crippen molar-refractivity contribution < 1.29 is 19.1 Å². The maximum absolute atomic E-state index is 12.9. The third-order valence-corrected chi connectivity index (χ3v) is 5.56. The van der Waals surface area contributed by atoms with Gasteiger partial charge in [0.2, 0.25) is 11.8 Å². The van der Waals surface area contributed by atoms with Gasteiger partial charge in [0.05, 0.1) is 20.1 Å². The van der Waals surface area contributed by atoms with Gasteiger partial charge in [-0.05, 0) is 24.8 Å². The fraction of sp³-hybridized carbons (Fsp3) is 0.619. The van der Waals surface area contributed by atoms with Crippen LogP contribution < -0.4 is 14.8 Å². The van der Waals surface area contributed by atoms with Gasteiger partial charge < -0.3 is 19.7 Å². The molecule has 1 aromatic carbocycles. The Bertz CT molecular complexity index is 699. The molecule has 2 fully saturated rings. The second kappa shape index (κ2) is 8.19. The van der Waals surface area contributed by atoms with Crippen LogP contribution in [-0.4, -0.2) is 50.6 Å². The molecule has 3 rings (SSSR count). The zero-order chi connectivity index (χ0) is 19.6. The third-order valence-electron chi connectivity index (χ3n) is 5.56. The lowest BCUT2D eigenvalue weighted by atomic mass is 9.87. The van der Waals surface area contributed by atoms with Gasteiger partial charge in [-0.25, -0.2) is 0 Å². The summed E-state index contributed by atoms with van der Waals surface area (Å²) >= 11 is 0. The summed E-state index contributed by atoms with van der Waals surface area (Å²) in [7, 11) is 3.23. The van der Waals surface area contributed by atoms with Crippen LogP contribution in [0.15, 0.2) is 18.2 Å². The van der Waals surface area contributed by atoms with E-state index in [2.05, 4.69) is 5.32 Å². The number of hydrogen-bond acceptors (Lipinski definition) is 4. The van der Waals surface area contributed by atoms with Crippen LogP contribution in [0.25, 0.3) is 0 Å². The van der Waals surface area contributed by atoms with Crippen molar-refractivity contribution >= 4 is 11.8 Å². The van der Waals surface area contributed by atoms with Crippen molar-refractivity contribution in [3.63, 3.8) is 0 Å². The van der Waals surface area contributed by atoms with Crippen molar-refractivity contribution in [3.8, 4) is 11.5 Å². The number of methoxy groups -OCH3 is 2. The van der Waals surface area contributed by atoms with E-state index in [0.29, 0.717) is 30.5 Å². The Labute approximate surface area is 161 Å². The molecule has 1 aliphatic carbocycles. The SMILES string of the molecule is COc1ccc(C2CN(C(=O)C(C)C)CC2C(=O)NCC2CC2)c(OC)c1. The van der Waals surface area contributed by atoms with Crippen LogP contribution in [0.5, 0.6) is 11.5 Å². The first-order valence-corrected chi connectivity index (χ1v) is 9.73. The van der Waals surface area contributed by atoms with Crippen LogP contribution in [0, 0.1) is 17.8 Å². The number of ether oxygens (including phenoxy) is 2. The number of hydrogen-bond donors (Lipinski definition) is 1. The first-order chi connectivity index (χ1) is 12.9. The molecule has 0 aromatic heterocycles. The van der Waals surface area contributed by atoms with Crippen LogP contribution in [0.3, 0.4) is 0 Å². The van der Waals surface area contributed by atoms with Crippen molar-refractivity contribution in [1.82, 2.24) is 10.2 Å². The average molecular weight is 374 g/mol. The van der Waals surface area contributed by atoms with E-state index in [9.17, 15) is 9.59 Å². The summed E-state index contributed by atoms with van der Waals surface area (Å²) in [5.41, 5.74) is 0.948. The number of carbonyl (C=O) groups is 2. The number of likely N-dealkylation sites (tertiary alicyclic amines) is 1. The maximum atomic E-state index is 12.9. The van der Waals surface area contributed by atoms with Gasteiger partial charge in [-0.2, -0.15) is 0 Å². The second-order valence-corrected chi connectivity index (χ2v) is 7.91. The van der Waals surface area contributed by atoms with Crippen molar-refractivity contribution in [2.45, 2.75) is 32.6 Å². The monoisotopic (exact) mass is 374 g/mol. The molecule has 6 heteroatoms. The molecular weight excluding hydrogens is 344 g/mol. The van der Waals surface area contributed by atoms with E-state index < -0.39 is 0 Å². The largest absolute Gasteiger partial charge is 0.497 e. The van der Waals surface area contributed by atoms with Crippen molar-refractivity contribution in [3.05, 3.63) is 23.8 Å². The van der Waals surface area contributed by atoms with Crippen LogP contribution >= 0.6 is 0 Å². The molecule has 1 saturated heterocycles. The summed E-state index contributed by atoms with van der Waals surface area (Å²) in [6.45, 7) is 5.51. The van der Waals surface area contributed by atoms with Gasteiger partial charge in [0.1, 0.15) is 11.5 Å². The highest BCUT2D eigenvalue weighted by Gasteiger charge is 2.42. The van der Waals surface area contributed by atoms with Crippen LogP contribution in [0.4, 0.5) is 0 Å². The Morgan fingerprint density at radius 2 is 1.93 bits per heavy atom. The first kappa shape index (κ1) is 19.5. The lowest BCUT2D eigenvalue weighted by molar-refractivity contribution is -0.133. The minimum absolute atomic E-state index is 0.0313. The van der Waals surface area contributed by atoms with Gasteiger partial charge in [0, 0.05) is 43.1 Å². The van der Waals surface area contributed by atoms with Gasteiger partial charge in [-0.3, -0.25) is 9.59 Å². The van der Waals surface area contributed by atoms with Gasteiger partial charge >= 0.3 is 0 Å². The topological polar surface area (TPSA) is 67.9 Å². The highest BCUT2D eigenvalue weighted by molar-refractivity contribution is 5.84. The first-order valence-electron chi connectivity index (χ1n) is 9.73. The summed E-state index contributed by atoms with van der Waals surface area (Å²) < 4.78 is 10.9. The van der Waals surface area contributed by atoms with E-state index in [1.54, 1.807) is 14.2 Å². The van der Waals surface area contributed by atoms with Gasteiger partial charge in [-0.1, -0.05) is 19.9 Å². The zero-order valence-corrected chi connectivity index (χ0v) is 16.7. The molecule has 1 aromatic rings. The molecule has 1 aliphatic heterocycles. The van der Waals surface area contributed by atoms with E-state index >= 15 is 0 Å². The summed E-state index contributed by atoms with van der Waals surface area (Å²) in [6.07, 6.45) is 2.39. The molecular formula is C21H30N2O4. The third kappa shape index (κ3) is 4.37. The molecule has 2 unspecified atom stereocenters. The molecule has 0 bridgehead atoms. The predicted molar refractivity (Wildman–Crippen MR) is 103 cm³/mol. The van der Waals surface area contributed by atoms with E-state index in [1.165, 1.54) is 12.8 Å². The summed E-state index contributed by atoms with van der Waals surface area (Å²) in [6, 6.07) is 5.66. The molecule has 0 radical (unpaired) electrons. The molecule has 148 valence electrons. The number of benzene rings is 1. The number of nitrogens with one attached hydrogen (secondary N) is 1. The molecule has 2 aliphatic rings. The molecule has 2 atom stereocenters. The van der Waals surface area contributed by atoms with E-state index in [-0.39, 0.29) is 29.6 Å². The smallest absolute Gasteiger partial charge is 0.225 e. The quantitative estimate of drug-likeness (QED) is 0.796. The van der Waals surface area contributed by atoms with Crippen molar-refractivity contribution in [1.29, 1.82) is 0 Å². The second-order valence-electron chi connectivity index (χ2n) is 7.91. The van der Waals surface area contributed by atoms with Crippen LogP contribution in [0.2, 0.25) is 0 Å². The Morgan fingerprint density at radius 1 is 1.19 bits per heavy atom. The minimum atomic E-state index is -0.270. The molecule has 6 nitrogen and oxygen atoms in total. The standard InChI is InChI=1S/C21H30N2O4/c1-13(2)21(25)23-11-17(16-8-7-15(26-3)9-19(16)27-4)18(12-23)20(24)22-10-14-5-6-14/h7-9,13-14,17-18H,5-6,10-12H2,1-4H3,(H,22,24). The summed E-state index contributed by atoms with van der Waals surface area (Å²) in [5.74, 6) is 1.70. The average Bonchev–Trinajstić information content (AvgIpc) is 3.41. The highest BCUT2D eigenvalue weighted by atomic mass is 16.5. The molecule has 0 spiro atoms. The molecule has 1 saturated carbocycles. The fourth-order valence-electron chi connectivity index (χ4n) is 3.75. The Balaban J connectivity index is 1.86. The fourth-order valence-corrected chi connectivity index (χ4v) is 3.75. The number of rotatable bonds is 7. The van der Waals surface area contributed by atoms with E-state index in [4.69, 9.17) is 9.47 Å². The molecule has 1 N–H and O–H groups in total. The minimum Gasteiger partial charge on any atom is -0.497 e. The normalized spacial score (nSPS) is 22.0. The Morgan fingerprint density at radius 3 is 2.52 bits per heavy atom. The lowest BCUT2D eigenvalue weighted by Gasteiger charge is -2.21. The number of nitrogens with zero attached hydrogens (tertiary/aromatic N) is 1. The Hall–Kier alpha value is -2.24. The molecule has 1 heterocycles. The summed E-state index contributed by atoms with van der Waals surface area (Å²) in [4.78, 5) is 27.3. The number of amides is 2. The van der Waals surface area contributed by atoms with Crippen molar-refractivity contribution in [2.75, 3.05) is 33.9 Å². The number of carbonyl (C=O) groups excluding carboxylic acids is 2. The van der Waals surface area contributed by atoms with Crippen molar-refractivity contribution in [2.24, 2.45) is 17.8 Å². The highest BCUT2D eigenvalue weighted by Crippen LogP contribution is 2.40. The molecule has 27 heavy (non-hydrogen) atoms. The van der Waals surface area contributed by atoms with Crippen LogP contribution in [-0.2, 0) is 9.59 Å². The van der Waals surface area contributed by atoms with E-state index in [1.807, 2.05) is 36.9 Å². The molecule has 2 amide bonds. The van der Waals surface area contributed by atoms with Gasteiger partial charge in [0.25, 0.3) is 0 Å². The zero-order valence-electron chi connectivity index (χ0n) is 16.7. The Kier molecular flexibility index (Phi) is 5.92. The lowest BCUT2D eigenvalue weighted by Crippen LogP contribution is -2.37. The summed E-state index contributed by atoms with van der Waals surface area (Å²) in [5, 5.41) is 3.09. The van der Waals surface area contributed by atoms with E-state index in [0.717, 1.165) is 12.1 Å².